The maximum Gasteiger partial charge on any atom is 0.408 e. The number of aliphatic carboxylic acids is 1. The van der Waals surface area contributed by atoms with Gasteiger partial charge in [0.05, 0.1) is 17.7 Å². The number of fused-ring (bicyclic) bond motifs is 2. The van der Waals surface area contributed by atoms with Crippen molar-refractivity contribution in [3.63, 3.8) is 0 Å². The summed E-state index contributed by atoms with van der Waals surface area (Å²) in [6.45, 7) is 7.54. The van der Waals surface area contributed by atoms with Crippen molar-refractivity contribution in [2.24, 2.45) is 5.92 Å². The molecule has 1 aromatic carbocycles. The summed E-state index contributed by atoms with van der Waals surface area (Å²) in [6, 6.07) is 2.57. The van der Waals surface area contributed by atoms with Crippen molar-refractivity contribution in [1.29, 1.82) is 0 Å². The molecule has 1 saturated heterocycles. The number of hydrogen-bond acceptors (Lipinski definition) is 9. The van der Waals surface area contributed by atoms with Crippen molar-refractivity contribution in [3.05, 3.63) is 35.4 Å². The molecule has 1 aromatic heterocycles. The van der Waals surface area contributed by atoms with E-state index in [0.717, 1.165) is 19.3 Å². The Hall–Kier alpha value is -4.20. The highest BCUT2D eigenvalue weighted by Crippen LogP contribution is 2.45. The zero-order chi connectivity index (χ0) is 33.9. The van der Waals surface area contributed by atoms with E-state index in [0.29, 0.717) is 35.8 Å². The number of alkyl carbamates (subject to hydrolysis) is 1. The molecular formula is C32H42ClN7O7. The van der Waals surface area contributed by atoms with Gasteiger partial charge in [-0.1, -0.05) is 36.6 Å². The van der Waals surface area contributed by atoms with Gasteiger partial charge in [-0.15, -0.1) is 10.2 Å². The van der Waals surface area contributed by atoms with Crippen LogP contribution in [0.3, 0.4) is 0 Å². The summed E-state index contributed by atoms with van der Waals surface area (Å²) in [5.74, 6) is -1.73. The minimum Gasteiger partial charge on any atom is -0.492 e. The van der Waals surface area contributed by atoms with Crippen molar-refractivity contribution in [1.82, 2.24) is 35.7 Å². The third-order valence-electron chi connectivity index (χ3n) is 8.57. The second-order valence-electron chi connectivity index (χ2n) is 13.2. The van der Waals surface area contributed by atoms with Crippen LogP contribution in [0.5, 0.6) is 5.75 Å². The molecule has 3 amide bonds. The molecule has 0 bridgehead atoms. The molecule has 0 unspecified atom stereocenters. The van der Waals surface area contributed by atoms with Crippen molar-refractivity contribution >= 4 is 35.5 Å². The molecule has 14 nitrogen and oxygen atoms in total. The number of tetrazole rings is 1. The summed E-state index contributed by atoms with van der Waals surface area (Å²) in [5, 5.41) is 28.9. The number of carbonyl (C=O) groups is 4. The van der Waals surface area contributed by atoms with Crippen LogP contribution in [0.2, 0.25) is 5.02 Å². The molecule has 5 atom stereocenters. The Morgan fingerprint density at radius 1 is 1.21 bits per heavy atom. The summed E-state index contributed by atoms with van der Waals surface area (Å²) in [4.78, 5) is 56.0. The third kappa shape index (κ3) is 7.86. The van der Waals surface area contributed by atoms with Crippen LogP contribution in [-0.4, -0.2) is 90.5 Å². The van der Waals surface area contributed by atoms with Gasteiger partial charge in [-0.2, -0.15) is 4.80 Å². The lowest BCUT2D eigenvalue weighted by Gasteiger charge is -2.30. The minimum absolute atomic E-state index is 0.0344. The summed E-state index contributed by atoms with van der Waals surface area (Å²) >= 11 is 6.37. The SMILES string of the molecule is CCOc1ccc(-c2nnn([C@@H]3C[C@H]4C(=O)N[C@]5(C(=O)O)C[C@H]5/C=C\CCCCC[C@H](NC(=O)OC(C)(C)C)C(=O)N4C3)n2)cc1Cl. The highest BCUT2D eigenvalue weighted by Gasteiger charge is 2.61. The lowest BCUT2D eigenvalue weighted by atomic mass is 10.0. The fourth-order valence-corrected chi connectivity index (χ4v) is 6.34. The molecule has 3 heterocycles. The van der Waals surface area contributed by atoms with Crippen molar-refractivity contribution < 1.29 is 33.8 Å². The molecule has 3 N–H and O–H groups in total. The molecule has 254 valence electrons. The van der Waals surface area contributed by atoms with E-state index in [1.807, 2.05) is 19.1 Å². The van der Waals surface area contributed by atoms with Gasteiger partial charge in [0.1, 0.15) is 29.0 Å². The zero-order valence-corrected chi connectivity index (χ0v) is 27.8. The van der Waals surface area contributed by atoms with E-state index in [2.05, 4.69) is 26.0 Å². The van der Waals surface area contributed by atoms with Gasteiger partial charge in [-0.05, 0) is 76.8 Å². The van der Waals surface area contributed by atoms with E-state index >= 15 is 0 Å². The summed E-state index contributed by atoms with van der Waals surface area (Å²) in [6.07, 6.45) is 6.78. The van der Waals surface area contributed by atoms with Gasteiger partial charge in [0.2, 0.25) is 17.6 Å². The van der Waals surface area contributed by atoms with Gasteiger partial charge in [-0.3, -0.25) is 9.59 Å². The number of nitrogens with zero attached hydrogens (tertiary/aromatic N) is 5. The molecule has 1 aliphatic carbocycles. The number of hydrogen-bond donors (Lipinski definition) is 3. The summed E-state index contributed by atoms with van der Waals surface area (Å²) < 4.78 is 11.0. The number of carboxylic acids is 1. The number of amides is 3. The van der Waals surface area contributed by atoms with Gasteiger partial charge >= 0.3 is 12.1 Å². The van der Waals surface area contributed by atoms with E-state index in [4.69, 9.17) is 21.1 Å². The second kappa shape index (κ2) is 13.9. The number of benzene rings is 1. The first kappa shape index (κ1) is 34.1. The lowest BCUT2D eigenvalue weighted by molar-refractivity contribution is -0.145. The van der Waals surface area contributed by atoms with Gasteiger partial charge in [-0.25, -0.2) is 9.59 Å². The summed E-state index contributed by atoms with van der Waals surface area (Å²) in [5.41, 5.74) is -1.62. The van der Waals surface area contributed by atoms with Gasteiger partial charge in [0, 0.05) is 24.4 Å². The molecule has 15 heteroatoms. The quantitative estimate of drug-likeness (QED) is 0.382. The third-order valence-corrected chi connectivity index (χ3v) is 8.87. The van der Waals surface area contributed by atoms with Gasteiger partial charge in [0.25, 0.3) is 0 Å². The number of halogens is 1. The Morgan fingerprint density at radius 3 is 2.70 bits per heavy atom. The highest BCUT2D eigenvalue weighted by molar-refractivity contribution is 6.32. The zero-order valence-electron chi connectivity index (χ0n) is 27.1. The molecule has 1 saturated carbocycles. The highest BCUT2D eigenvalue weighted by atomic mass is 35.5. The molecule has 2 fully saturated rings. The summed E-state index contributed by atoms with van der Waals surface area (Å²) in [7, 11) is 0. The van der Waals surface area contributed by atoms with E-state index in [9.17, 15) is 24.3 Å². The van der Waals surface area contributed by atoms with Gasteiger partial charge < -0.3 is 30.1 Å². The first-order valence-corrected chi connectivity index (χ1v) is 16.4. The average molecular weight is 672 g/mol. The first-order chi connectivity index (χ1) is 22.3. The standard InChI is InChI=1S/C32H42ClN7O7/c1-5-46-25-14-13-19(15-22(25)33)26-36-38-40(37-26)21-16-24-27(41)35-32(29(43)44)17-20(32)11-9-7-6-8-10-12-23(28(42)39(24)18-21)34-30(45)47-31(2,3)4/h9,11,13-15,20-21,23-24H,5-8,10,12,16-18H2,1-4H3,(H,34,45)(H,35,41)(H,43,44)/b11-9-/t20-,21-,23+,24+,32-/m1/s1. The van der Waals surface area contributed by atoms with Crippen molar-refractivity contribution in [2.75, 3.05) is 13.2 Å². The number of ether oxygens (including phenoxy) is 2. The van der Waals surface area contributed by atoms with Crippen LogP contribution in [0.15, 0.2) is 30.4 Å². The number of nitrogens with one attached hydrogen (secondary N) is 2. The van der Waals surface area contributed by atoms with Crippen LogP contribution in [0.25, 0.3) is 11.4 Å². The molecular weight excluding hydrogens is 630 g/mol. The smallest absolute Gasteiger partial charge is 0.408 e. The number of allylic oxidation sites excluding steroid dienone is 1. The average Bonchev–Trinajstić information content (AvgIpc) is 3.32. The molecule has 47 heavy (non-hydrogen) atoms. The largest absolute Gasteiger partial charge is 0.492 e. The Labute approximate surface area is 278 Å². The molecule has 5 rings (SSSR count). The lowest BCUT2D eigenvalue weighted by Crippen LogP contribution is -2.56. The number of carboxylic acid groups (broad SMARTS) is 1. The van der Waals surface area contributed by atoms with Crippen LogP contribution in [0, 0.1) is 5.92 Å². The fourth-order valence-electron chi connectivity index (χ4n) is 6.10. The van der Waals surface area contributed by atoms with Crippen molar-refractivity contribution in [3.8, 4) is 17.1 Å². The Kier molecular flexibility index (Phi) is 10.1. The monoisotopic (exact) mass is 671 g/mol. The maximum absolute atomic E-state index is 14.2. The molecule has 2 aliphatic heterocycles. The van der Waals surface area contributed by atoms with E-state index in [1.165, 1.54) is 9.70 Å². The molecule has 3 aliphatic rings. The van der Waals surface area contributed by atoms with Crippen LogP contribution in [-0.2, 0) is 19.1 Å². The topological polar surface area (TPSA) is 178 Å². The second-order valence-corrected chi connectivity index (χ2v) is 13.7. The first-order valence-electron chi connectivity index (χ1n) is 16.1. The number of carbonyl (C=O) groups excluding carboxylic acids is 3. The fraction of sp³-hybridized carbons (Fsp3) is 0.594. The van der Waals surface area contributed by atoms with Crippen LogP contribution >= 0.6 is 11.6 Å². The Balaban J connectivity index is 1.44. The Morgan fingerprint density at radius 2 is 2.00 bits per heavy atom. The van der Waals surface area contributed by atoms with E-state index < -0.39 is 53.1 Å². The van der Waals surface area contributed by atoms with Crippen LogP contribution in [0.4, 0.5) is 4.79 Å². The van der Waals surface area contributed by atoms with Crippen molar-refractivity contribution in [2.45, 2.75) is 102 Å². The van der Waals surface area contributed by atoms with E-state index in [1.54, 1.807) is 39.0 Å². The predicted molar refractivity (Wildman–Crippen MR) is 171 cm³/mol. The molecule has 2 aromatic rings. The minimum atomic E-state index is -1.44. The number of rotatable bonds is 6. The van der Waals surface area contributed by atoms with E-state index in [-0.39, 0.29) is 31.1 Å². The number of aromatic nitrogens is 4. The molecule has 0 spiro atoms. The Bertz CT molecular complexity index is 1540. The maximum atomic E-state index is 14.2. The van der Waals surface area contributed by atoms with Crippen LogP contribution < -0.4 is 15.4 Å². The van der Waals surface area contributed by atoms with Crippen LogP contribution in [0.1, 0.15) is 78.7 Å². The predicted octanol–water partition coefficient (Wildman–Crippen LogP) is 3.91. The van der Waals surface area contributed by atoms with Gasteiger partial charge in [0.15, 0.2) is 0 Å². The molecule has 0 radical (unpaired) electrons. The normalized spacial score (nSPS) is 27.4.